The molecule has 3 aromatic rings. The molecular weight excluding hydrogens is 286 g/mol. The largest absolute Gasteiger partial charge is 0.305 e. The summed E-state index contributed by atoms with van der Waals surface area (Å²) >= 11 is 6.32. The topological polar surface area (TPSA) is 55.6 Å². The summed E-state index contributed by atoms with van der Waals surface area (Å²) in [5.41, 5.74) is 3.73. The third-order valence-corrected chi connectivity index (χ3v) is 3.75. The van der Waals surface area contributed by atoms with Gasteiger partial charge in [-0.15, -0.1) is 0 Å². The molecule has 0 aliphatic carbocycles. The highest BCUT2D eigenvalue weighted by Crippen LogP contribution is 2.30. The van der Waals surface area contributed by atoms with Gasteiger partial charge in [-0.25, -0.2) is 0 Å². The number of fused-ring (bicyclic) bond motifs is 1. The number of halogens is 1. The zero-order chi connectivity index (χ0) is 14.8. The lowest BCUT2D eigenvalue weighted by Crippen LogP contribution is -2.25. The van der Waals surface area contributed by atoms with Crippen LogP contribution in [0.2, 0.25) is 5.02 Å². The molecule has 1 atom stereocenters. The first kappa shape index (κ1) is 14.0. The maximum absolute atomic E-state index is 6.32. The standard InChI is InChI=1S/C15H16ClN5/c1-3-17-14(15-11(16)9-20-21(15)2)10-5-4-6-12-13(10)19-8-7-18-12/h4-9,14,17H,3H2,1-2H3. The Kier molecular flexibility index (Phi) is 3.86. The van der Waals surface area contributed by atoms with Crippen LogP contribution in [0.5, 0.6) is 0 Å². The maximum atomic E-state index is 6.32. The van der Waals surface area contributed by atoms with Crippen LogP contribution in [-0.4, -0.2) is 26.3 Å². The van der Waals surface area contributed by atoms with Gasteiger partial charge in [-0.3, -0.25) is 14.6 Å². The number of aryl methyl sites for hydroxylation is 1. The zero-order valence-electron chi connectivity index (χ0n) is 11.9. The minimum absolute atomic E-state index is 0.0737. The van der Waals surface area contributed by atoms with E-state index in [4.69, 9.17) is 11.6 Å². The fourth-order valence-electron chi connectivity index (χ4n) is 2.55. The van der Waals surface area contributed by atoms with E-state index in [1.54, 1.807) is 23.3 Å². The van der Waals surface area contributed by atoms with Crippen molar-refractivity contribution in [3.63, 3.8) is 0 Å². The number of hydrogen-bond donors (Lipinski definition) is 1. The average Bonchev–Trinajstić information content (AvgIpc) is 2.84. The van der Waals surface area contributed by atoms with Crippen molar-refractivity contribution in [3.05, 3.63) is 53.1 Å². The molecule has 0 aliphatic rings. The van der Waals surface area contributed by atoms with E-state index in [1.807, 2.05) is 25.2 Å². The Bertz CT molecular complexity index is 743. The molecule has 6 heteroatoms. The second-order valence-corrected chi connectivity index (χ2v) is 5.17. The van der Waals surface area contributed by atoms with Crippen LogP contribution in [0.25, 0.3) is 11.0 Å². The lowest BCUT2D eigenvalue weighted by Gasteiger charge is -2.20. The third kappa shape index (κ3) is 2.50. The summed E-state index contributed by atoms with van der Waals surface area (Å²) in [6, 6.07) is 5.92. The van der Waals surface area contributed by atoms with Crippen LogP contribution in [0.4, 0.5) is 0 Å². The van der Waals surface area contributed by atoms with Crippen molar-refractivity contribution in [2.75, 3.05) is 6.54 Å². The Morgan fingerprint density at radius 1 is 1.29 bits per heavy atom. The van der Waals surface area contributed by atoms with Gasteiger partial charge in [0.05, 0.1) is 34.0 Å². The number of rotatable bonds is 4. The number of aromatic nitrogens is 4. The molecule has 0 radical (unpaired) electrons. The van der Waals surface area contributed by atoms with E-state index in [0.717, 1.165) is 28.8 Å². The Morgan fingerprint density at radius 3 is 2.81 bits per heavy atom. The smallest absolute Gasteiger partial charge is 0.0938 e. The van der Waals surface area contributed by atoms with E-state index in [1.165, 1.54) is 0 Å². The molecule has 3 rings (SSSR count). The molecule has 0 saturated carbocycles. The molecule has 0 amide bonds. The predicted octanol–water partition coefficient (Wildman–Crippen LogP) is 2.72. The summed E-state index contributed by atoms with van der Waals surface area (Å²) < 4.78 is 1.80. The van der Waals surface area contributed by atoms with Gasteiger partial charge < -0.3 is 5.32 Å². The summed E-state index contributed by atoms with van der Waals surface area (Å²) in [5.74, 6) is 0. The number of para-hydroxylation sites is 1. The van der Waals surface area contributed by atoms with Gasteiger partial charge in [-0.05, 0) is 12.6 Å². The summed E-state index contributed by atoms with van der Waals surface area (Å²) in [6.45, 7) is 2.87. The van der Waals surface area contributed by atoms with Gasteiger partial charge >= 0.3 is 0 Å². The quantitative estimate of drug-likeness (QED) is 0.805. The molecule has 0 fully saturated rings. The van der Waals surface area contributed by atoms with Gasteiger partial charge in [-0.2, -0.15) is 5.10 Å². The summed E-state index contributed by atoms with van der Waals surface area (Å²) in [5, 5.41) is 8.34. The summed E-state index contributed by atoms with van der Waals surface area (Å²) in [6.07, 6.45) is 5.07. The van der Waals surface area contributed by atoms with Gasteiger partial charge in [0.15, 0.2) is 0 Å². The molecule has 2 heterocycles. The highest BCUT2D eigenvalue weighted by molar-refractivity contribution is 6.31. The Labute approximate surface area is 128 Å². The highest BCUT2D eigenvalue weighted by Gasteiger charge is 2.22. The van der Waals surface area contributed by atoms with E-state index < -0.39 is 0 Å². The first-order valence-corrected chi connectivity index (χ1v) is 7.20. The third-order valence-electron chi connectivity index (χ3n) is 3.46. The Morgan fingerprint density at radius 2 is 2.10 bits per heavy atom. The number of benzene rings is 1. The maximum Gasteiger partial charge on any atom is 0.0938 e. The van der Waals surface area contributed by atoms with Crippen molar-refractivity contribution in [2.24, 2.45) is 7.05 Å². The lowest BCUT2D eigenvalue weighted by atomic mass is 10.0. The molecule has 1 unspecified atom stereocenters. The van der Waals surface area contributed by atoms with Gasteiger partial charge in [-0.1, -0.05) is 30.7 Å². The van der Waals surface area contributed by atoms with Gasteiger partial charge in [0, 0.05) is 25.0 Å². The van der Waals surface area contributed by atoms with E-state index in [2.05, 4.69) is 27.3 Å². The molecule has 5 nitrogen and oxygen atoms in total. The first-order chi connectivity index (χ1) is 10.2. The highest BCUT2D eigenvalue weighted by atomic mass is 35.5. The number of hydrogen-bond acceptors (Lipinski definition) is 4. The predicted molar refractivity (Wildman–Crippen MR) is 83.3 cm³/mol. The van der Waals surface area contributed by atoms with Gasteiger partial charge in [0.2, 0.25) is 0 Å². The zero-order valence-corrected chi connectivity index (χ0v) is 12.7. The normalized spacial score (nSPS) is 12.7. The number of nitrogens with zero attached hydrogens (tertiary/aromatic N) is 4. The van der Waals surface area contributed by atoms with Crippen molar-refractivity contribution in [2.45, 2.75) is 13.0 Å². The molecule has 21 heavy (non-hydrogen) atoms. The SMILES string of the molecule is CCNC(c1cccc2nccnc12)c1c(Cl)cnn1C. The molecular formula is C15H16ClN5. The van der Waals surface area contributed by atoms with Crippen molar-refractivity contribution in [1.29, 1.82) is 0 Å². The monoisotopic (exact) mass is 301 g/mol. The van der Waals surface area contributed by atoms with Crippen LogP contribution in [-0.2, 0) is 7.05 Å². The van der Waals surface area contributed by atoms with Crippen LogP contribution in [0, 0.1) is 0 Å². The molecule has 0 saturated heterocycles. The van der Waals surface area contributed by atoms with E-state index in [0.29, 0.717) is 5.02 Å². The van der Waals surface area contributed by atoms with Crippen LogP contribution < -0.4 is 5.32 Å². The Balaban J connectivity index is 2.21. The van der Waals surface area contributed by atoms with Crippen molar-refractivity contribution < 1.29 is 0 Å². The van der Waals surface area contributed by atoms with Crippen molar-refractivity contribution >= 4 is 22.6 Å². The van der Waals surface area contributed by atoms with E-state index in [-0.39, 0.29) is 6.04 Å². The molecule has 0 aliphatic heterocycles. The van der Waals surface area contributed by atoms with Crippen LogP contribution in [0.3, 0.4) is 0 Å². The first-order valence-electron chi connectivity index (χ1n) is 6.82. The average molecular weight is 302 g/mol. The lowest BCUT2D eigenvalue weighted by molar-refractivity contribution is 0.575. The minimum Gasteiger partial charge on any atom is -0.305 e. The fraction of sp³-hybridized carbons (Fsp3) is 0.267. The van der Waals surface area contributed by atoms with E-state index in [9.17, 15) is 0 Å². The number of nitrogens with one attached hydrogen (secondary N) is 1. The molecule has 0 bridgehead atoms. The molecule has 2 aromatic heterocycles. The molecule has 1 aromatic carbocycles. The molecule has 108 valence electrons. The van der Waals surface area contributed by atoms with Crippen molar-refractivity contribution in [1.82, 2.24) is 25.1 Å². The summed E-state index contributed by atoms with van der Waals surface area (Å²) in [4.78, 5) is 8.84. The summed E-state index contributed by atoms with van der Waals surface area (Å²) in [7, 11) is 1.89. The fourth-order valence-corrected chi connectivity index (χ4v) is 2.83. The Hall–Kier alpha value is -1.98. The van der Waals surface area contributed by atoms with Crippen molar-refractivity contribution in [3.8, 4) is 0 Å². The molecule has 1 N–H and O–H groups in total. The van der Waals surface area contributed by atoms with Crippen LogP contribution >= 0.6 is 11.6 Å². The molecule has 0 spiro atoms. The van der Waals surface area contributed by atoms with Crippen LogP contribution in [0.1, 0.15) is 24.2 Å². The van der Waals surface area contributed by atoms with Gasteiger partial charge in [0.1, 0.15) is 0 Å². The minimum atomic E-state index is -0.0737. The second-order valence-electron chi connectivity index (χ2n) is 4.76. The van der Waals surface area contributed by atoms with Gasteiger partial charge in [0.25, 0.3) is 0 Å². The van der Waals surface area contributed by atoms with E-state index >= 15 is 0 Å². The van der Waals surface area contributed by atoms with Crippen LogP contribution in [0.15, 0.2) is 36.8 Å². The second kappa shape index (κ2) is 5.79.